The number of hydrogen-bond donors (Lipinski definition) is 0. The van der Waals surface area contributed by atoms with Crippen LogP contribution < -0.4 is 0 Å². The molecule has 1 aromatic rings. The predicted molar refractivity (Wildman–Crippen MR) is 100 cm³/mol. The molecule has 0 amide bonds. The van der Waals surface area contributed by atoms with Gasteiger partial charge >= 0.3 is 0 Å². The average Bonchev–Trinajstić information content (AvgIpc) is 2.88. The van der Waals surface area contributed by atoms with Crippen LogP contribution in [0.5, 0.6) is 0 Å². The van der Waals surface area contributed by atoms with E-state index in [0.29, 0.717) is 10.6 Å². The van der Waals surface area contributed by atoms with Crippen molar-refractivity contribution in [2.75, 3.05) is 13.6 Å². The molecule has 2 atom stereocenters. The number of nitrogens with zero attached hydrogens (tertiary/aromatic N) is 2. The summed E-state index contributed by atoms with van der Waals surface area (Å²) in [5.74, 6) is 0. The molecule has 126 valence electrons. The van der Waals surface area contributed by atoms with Crippen LogP contribution in [0.2, 0.25) is 0 Å². The standard InChI is InChI=1S/C19H30N2OP/c1-6-7-13-21(5)16-20-14-18(21)23(22,19(2,3)4)15-17-11-9-8-10-12-17/h8-12,14,16H,6-7,13,15H2,1-5H3/q+1. The van der Waals surface area contributed by atoms with E-state index in [4.69, 9.17) is 0 Å². The second-order valence-corrected chi connectivity index (χ2v) is 11.2. The number of rotatable bonds is 6. The van der Waals surface area contributed by atoms with Crippen molar-refractivity contribution in [3.05, 3.63) is 47.5 Å². The van der Waals surface area contributed by atoms with Gasteiger partial charge in [0.25, 0.3) is 0 Å². The summed E-state index contributed by atoms with van der Waals surface area (Å²) < 4.78 is 14.8. The topological polar surface area (TPSA) is 29.4 Å². The van der Waals surface area contributed by atoms with E-state index in [0.717, 1.165) is 30.4 Å². The highest BCUT2D eigenvalue weighted by molar-refractivity contribution is 7.68. The molecule has 0 fully saturated rings. The molecule has 0 radical (unpaired) electrons. The third-order valence-corrected chi connectivity index (χ3v) is 9.00. The third-order valence-electron chi connectivity index (χ3n) is 4.71. The Kier molecular flexibility index (Phi) is 5.33. The normalized spacial score (nSPS) is 23.6. The summed E-state index contributed by atoms with van der Waals surface area (Å²) in [4.78, 5) is 4.41. The maximum absolute atomic E-state index is 14.2. The van der Waals surface area contributed by atoms with Gasteiger partial charge in [0.15, 0.2) is 18.9 Å². The molecule has 1 aliphatic rings. The minimum absolute atomic E-state index is 0.284. The van der Waals surface area contributed by atoms with E-state index in [2.05, 4.69) is 51.9 Å². The number of hydrogen-bond acceptors (Lipinski definition) is 2. The molecule has 0 bridgehead atoms. The number of unbranched alkanes of at least 4 members (excludes halogenated alkanes) is 1. The van der Waals surface area contributed by atoms with Crippen LogP contribution >= 0.6 is 7.14 Å². The lowest BCUT2D eigenvalue weighted by atomic mass is 10.2. The molecular formula is C19H30N2OP+. The molecule has 1 aromatic carbocycles. The van der Waals surface area contributed by atoms with Crippen LogP contribution in [0.15, 0.2) is 47.0 Å². The zero-order chi connectivity index (χ0) is 17.1. The fourth-order valence-corrected chi connectivity index (χ4v) is 6.25. The van der Waals surface area contributed by atoms with Gasteiger partial charge in [-0.3, -0.25) is 0 Å². The number of benzene rings is 1. The van der Waals surface area contributed by atoms with Gasteiger partial charge in [-0.2, -0.15) is 0 Å². The van der Waals surface area contributed by atoms with Crippen molar-refractivity contribution >= 4 is 13.5 Å². The van der Waals surface area contributed by atoms with Crippen LogP contribution in [-0.4, -0.2) is 29.6 Å². The monoisotopic (exact) mass is 333 g/mol. The maximum Gasteiger partial charge on any atom is 0.195 e. The smallest absolute Gasteiger partial charge is 0.195 e. The van der Waals surface area contributed by atoms with Crippen LogP contribution in [0.3, 0.4) is 0 Å². The van der Waals surface area contributed by atoms with Gasteiger partial charge < -0.3 is 4.57 Å². The molecule has 0 N–H and O–H groups in total. The molecule has 4 heteroatoms. The Hall–Kier alpha value is -1.18. The molecule has 2 rings (SSSR count). The van der Waals surface area contributed by atoms with E-state index in [-0.39, 0.29) is 5.16 Å². The number of aliphatic imine (C=N–C) groups is 1. The lowest BCUT2D eigenvalue weighted by molar-refractivity contribution is -0.763. The van der Waals surface area contributed by atoms with Gasteiger partial charge in [0, 0.05) is 11.3 Å². The Labute approximate surface area is 141 Å². The largest absolute Gasteiger partial charge is 0.312 e. The molecular weight excluding hydrogens is 303 g/mol. The Morgan fingerprint density at radius 1 is 1.17 bits per heavy atom. The van der Waals surface area contributed by atoms with Crippen molar-refractivity contribution in [2.24, 2.45) is 4.99 Å². The predicted octanol–water partition coefficient (Wildman–Crippen LogP) is 5.44. The molecule has 0 aromatic heterocycles. The van der Waals surface area contributed by atoms with E-state index >= 15 is 0 Å². The number of quaternary nitrogens is 1. The summed E-state index contributed by atoms with van der Waals surface area (Å²) in [6.07, 6.45) is 6.66. The third kappa shape index (κ3) is 3.67. The highest BCUT2D eigenvalue weighted by Gasteiger charge is 2.50. The molecule has 0 spiro atoms. The lowest BCUT2D eigenvalue weighted by Gasteiger charge is -2.38. The van der Waals surface area contributed by atoms with E-state index in [1.54, 1.807) is 0 Å². The Morgan fingerprint density at radius 2 is 1.83 bits per heavy atom. The fourth-order valence-electron chi connectivity index (χ4n) is 3.06. The Bertz CT molecular complexity index is 643. The summed E-state index contributed by atoms with van der Waals surface area (Å²) >= 11 is 0. The zero-order valence-electron chi connectivity index (χ0n) is 15.1. The molecule has 0 saturated carbocycles. The van der Waals surface area contributed by atoms with E-state index < -0.39 is 7.14 Å². The minimum atomic E-state index is -2.63. The van der Waals surface area contributed by atoms with Crippen LogP contribution in [0.4, 0.5) is 0 Å². The van der Waals surface area contributed by atoms with Gasteiger partial charge in [0.1, 0.15) is 0 Å². The molecule has 1 aliphatic heterocycles. The van der Waals surface area contributed by atoms with Crippen molar-refractivity contribution in [1.29, 1.82) is 0 Å². The summed E-state index contributed by atoms with van der Waals surface area (Å²) in [6.45, 7) is 9.44. The molecule has 0 aliphatic carbocycles. The molecule has 1 heterocycles. The van der Waals surface area contributed by atoms with Crippen LogP contribution in [0.1, 0.15) is 46.1 Å². The van der Waals surface area contributed by atoms with Gasteiger partial charge in [-0.05, 0) is 12.0 Å². The molecule has 3 nitrogen and oxygen atoms in total. The minimum Gasteiger partial charge on any atom is -0.312 e. The van der Waals surface area contributed by atoms with Crippen LogP contribution in [-0.2, 0) is 10.7 Å². The lowest BCUT2D eigenvalue weighted by Crippen LogP contribution is -2.42. The van der Waals surface area contributed by atoms with Crippen LogP contribution in [0, 0.1) is 0 Å². The second-order valence-electron chi connectivity index (χ2n) is 7.65. The van der Waals surface area contributed by atoms with Gasteiger partial charge in [-0.15, -0.1) is 0 Å². The summed E-state index contributed by atoms with van der Waals surface area (Å²) in [7, 11) is -0.486. The quantitative estimate of drug-likeness (QED) is 0.504. The first-order valence-electron chi connectivity index (χ1n) is 8.47. The highest BCUT2D eigenvalue weighted by atomic mass is 31.2. The SMILES string of the molecule is CCCC[N+]1(C)C=NC=C1P(=O)(Cc1ccccc1)C(C)(C)C. The van der Waals surface area contributed by atoms with Crippen LogP contribution in [0.25, 0.3) is 0 Å². The summed E-state index contributed by atoms with van der Waals surface area (Å²) in [5, 5.41) is -0.284. The molecule has 2 unspecified atom stereocenters. The van der Waals surface area contributed by atoms with E-state index in [1.807, 2.05) is 30.7 Å². The first kappa shape index (κ1) is 18.2. The highest BCUT2D eigenvalue weighted by Crippen LogP contribution is 2.68. The van der Waals surface area contributed by atoms with E-state index in [1.165, 1.54) is 0 Å². The molecule has 0 saturated heterocycles. The summed E-state index contributed by atoms with van der Waals surface area (Å²) in [5.41, 5.74) is 2.14. The Morgan fingerprint density at radius 3 is 2.39 bits per heavy atom. The van der Waals surface area contributed by atoms with Crippen molar-refractivity contribution in [2.45, 2.75) is 51.9 Å². The van der Waals surface area contributed by atoms with Crippen molar-refractivity contribution in [3.63, 3.8) is 0 Å². The first-order valence-corrected chi connectivity index (χ1v) is 10.4. The van der Waals surface area contributed by atoms with Gasteiger partial charge in [0.2, 0.25) is 0 Å². The molecule has 23 heavy (non-hydrogen) atoms. The fraction of sp³-hybridized carbons (Fsp3) is 0.526. The second kappa shape index (κ2) is 6.75. The first-order chi connectivity index (χ1) is 10.7. The van der Waals surface area contributed by atoms with Crippen molar-refractivity contribution in [3.8, 4) is 0 Å². The maximum atomic E-state index is 14.2. The van der Waals surface area contributed by atoms with Gasteiger partial charge in [-0.1, -0.05) is 64.4 Å². The average molecular weight is 333 g/mol. The van der Waals surface area contributed by atoms with Crippen molar-refractivity contribution in [1.82, 2.24) is 0 Å². The van der Waals surface area contributed by atoms with Gasteiger partial charge in [-0.25, -0.2) is 9.48 Å². The van der Waals surface area contributed by atoms with Gasteiger partial charge in [0.05, 0.1) is 19.8 Å². The van der Waals surface area contributed by atoms with E-state index in [9.17, 15) is 4.57 Å². The Balaban J connectivity index is 2.42. The van der Waals surface area contributed by atoms with Crippen molar-refractivity contribution < 1.29 is 9.05 Å². The zero-order valence-corrected chi connectivity index (χ0v) is 16.0. The summed E-state index contributed by atoms with van der Waals surface area (Å²) in [6, 6.07) is 10.2.